The van der Waals surface area contributed by atoms with Crippen molar-refractivity contribution >= 4 is 5.69 Å². The molecule has 0 bridgehead atoms. The van der Waals surface area contributed by atoms with E-state index in [1.807, 2.05) is 24.4 Å². The first-order chi connectivity index (χ1) is 10.3. The first-order valence-corrected chi connectivity index (χ1v) is 7.21. The Kier molecular flexibility index (Phi) is 3.89. The molecule has 1 saturated heterocycles. The van der Waals surface area contributed by atoms with Crippen molar-refractivity contribution in [3.8, 4) is 17.3 Å². The maximum atomic E-state index is 8.90. The highest BCUT2D eigenvalue weighted by molar-refractivity contribution is 5.74. The predicted octanol–water partition coefficient (Wildman–Crippen LogP) is 1.83. The van der Waals surface area contributed by atoms with Crippen molar-refractivity contribution < 1.29 is 0 Å². The van der Waals surface area contributed by atoms with Gasteiger partial charge in [-0.05, 0) is 7.05 Å². The molecule has 2 heterocycles. The van der Waals surface area contributed by atoms with Gasteiger partial charge in [0.25, 0.3) is 0 Å². The number of aromatic nitrogens is 2. The maximum Gasteiger partial charge on any atom is 0.128 e. The summed E-state index contributed by atoms with van der Waals surface area (Å²) in [6.45, 7) is 4.38. The van der Waals surface area contributed by atoms with Gasteiger partial charge in [0.2, 0.25) is 0 Å². The molecule has 0 radical (unpaired) electrons. The first-order valence-electron chi connectivity index (χ1n) is 7.21. The van der Waals surface area contributed by atoms with Gasteiger partial charge >= 0.3 is 0 Å². The van der Waals surface area contributed by atoms with Crippen molar-refractivity contribution in [2.24, 2.45) is 0 Å². The molecule has 5 nitrogen and oxygen atoms in total. The molecule has 0 aliphatic carbocycles. The SMILES string of the molecule is CN1CCN(c2cn(CC#N)nc2-c2ccccc2)CC1. The topological polar surface area (TPSA) is 48.1 Å². The van der Waals surface area contributed by atoms with Gasteiger partial charge in [0.1, 0.15) is 12.2 Å². The summed E-state index contributed by atoms with van der Waals surface area (Å²) in [5.41, 5.74) is 3.20. The van der Waals surface area contributed by atoms with Gasteiger partial charge in [0, 0.05) is 31.7 Å². The standard InChI is InChI=1S/C16H19N5/c1-19-9-11-20(12-10-19)15-13-21(8-7-17)18-16(15)14-5-3-2-4-6-14/h2-6,13H,8-12H2,1H3. The summed E-state index contributed by atoms with van der Waals surface area (Å²) in [5, 5.41) is 13.5. The van der Waals surface area contributed by atoms with E-state index in [9.17, 15) is 0 Å². The third-order valence-corrected chi connectivity index (χ3v) is 3.87. The smallest absolute Gasteiger partial charge is 0.128 e. The molecular formula is C16H19N5. The van der Waals surface area contributed by atoms with Gasteiger partial charge in [-0.15, -0.1) is 0 Å². The monoisotopic (exact) mass is 281 g/mol. The Morgan fingerprint density at radius 2 is 1.86 bits per heavy atom. The van der Waals surface area contributed by atoms with Crippen LogP contribution in [0, 0.1) is 11.3 Å². The molecule has 5 heteroatoms. The van der Waals surface area contributed by atoms with Crippen molar-refractivity contribution in [1.82, 2.24) is 14.7 Å². The lowest BCUT2D eigenvalue weighted by Crippen LogP contribution is -2.44. The Bertz CT molecular complexity index is 632. The lowest BCUT2D eigenvalue weighted by Gasteiger charge is -2.33. The fourth-order valence-corrected chi connectivity index (χ4v) is 2.64. The van der Waals surface area contributed by atoms with Crippen LogP contribution in [0.5, 0.6) is 0 Å². The summed E-state index contributed by atoms with van der Waals surface area (Å²) in [6.07, 6.45) is 2.00. The fourth-order valence-electron chi connectivity index (χ4n) is 2.64. The van der Waals surface area contributed by atoms with Crippen molar-refractivity contribution in [2.45, 2.75) is 6.54 Å². The summed E-state index contributed by atoms with van der Waals surface area (Å²) in [6, 6.07) is 12.3. The molecule has 0 unspecified atom stereocenters. The third-order valence-electron chi connectivity index (χ3n) is 3.87. The molecule has 0 N–H and O–H groups in total. The van der Waals surface area contributed by atoms with Crippen LogP contribution >= 0.6 is 0 Å². The highest BCUT2D eigenvalue weighted by atomic mass is 15.3. The number of anilines is 1. The number of likely N-dealkylation sites (N-methyl/N-ethyl adjacent to an activating group) is 1. The van der Waals surface area contributed by atoms with E-state index in [1.165, 1.54) is 0 Å². The molecule has 1 aliphatic heterocycles. The maximum absolute atomic E-state index is 8.90. The molecule has 3 rings (SSSR count). The number of piperazine rings is 1. The fraction of sp³-hybridized carbons (Fsp3) is 0.375. The Labute approximate surface area is 125 Å². The number of hydrogen-bond acceptors (Lipinski definition) is 4. The molecule has 1 aromatic heterocycles. The summed E-state index contributed by atoms with van der Waals surface area (Å²) >= 11 is 0. The average molecular weight is 281 g/mol. The van der Waals surface area contributed by atoms with E-state index in [0.29, 0.717) is 0 Å². The van der Waals surface area contributed by atoms with Crippen LogP contribution in [0.15, 0.2) is 36.5 Å². The summed E-state index contributed by atoms with van der Waals surface area (Å²) in [5.74, 6) is 0. The van der Waals surface area contributed by atoms with Crippen LogP contribution in [0.25, 0.3) is 11.3 Å². The minimum absolute atomic E-state index is 0.285. The Hall–Kier alpha value is -2.32. The quantitative estimate of drug-likeness (QED) is 0.861. The summed E-state index contributed by atoms with van der Waals surface area (Å²) < 4.78 is 1.73. The Balaban J connectivity index is 1.96. The van der Waals surface area contributed by atoms with Crippen LogP contribution in [0.3, 0.4) is 0 Å². The van der Waals surface area contributed by atoms with E-state index >= 15 is 0 Å². The molecule has 108 valence electrons. The number of benzene rings is 1. The van der Waals surface area contributed by atoms with Crippen LogP contribution in [0.2, 0.25) is 0 Å². The molecule has 0 atom stereocenters. The van der Waals surface area contributed by atoms with Gasteiger partial charge in [-0.25, -0.2) is 0 Å². The van der Waals surface area contributed by atoms with Crippen molar-refractivity contribution in [2.75, 3.05) is 38.1 Å². The Morgan fingerprint density at radius 1 is 1.14 bits per heavy atom. The largest absolute Gasteiger partial charge is 0.366 e. The number of rotatable bonds is 3. The van der Waals surface area contributed by atoms with Gasteiger partial charge in [0.05, 0.1) is 18.0 Å². The van der Waals surface area contributed by atoms with Crippen molar-refractivity contribution in [1.29, 1.82) is 5.26 Å². The van der Waals surface area contributed by atoms with Crippen LogP contribution in [-0.4, -0.2) is 47.9 Å². The lowest BCUT2D eigenvalue weighted by molar-refractivity contribution is 0.313. The molecule has 1 aromatic carbocycles. The van der Waals surface area contributed by atoms with Crippen LogP contribution < -0.4 is 4.90 Å². The minimum Gasteiger partial charge on any atom is -0.366 e. The number of nitriles is 1. The van der Waals surface area contributed by atoms with Gasteiger partial charge < -0.3 is 9.80 Å². The number of hydrogen-bond donors (Lipinski definition) is 0. The predicted molar refractivity (Wildman–Crippen MR) is 83.0 cm³/mol. The summed E-state index contributed by atoms with van der Waals surface area (Å²) in [7, 11) is 2.15. The van der Waals surface area contributed by atoms with E-state index < -0.39 is 0 Å². The van der Waals surface area contributed by atoms with Gasteiger partial charge in [-0.2, -0.15) is 10.4 Å². The molecule has 21 heavy (non-hydrogen) atoms. The van der Waals surface area contributed by atoms with Crippen LogP contribution in [-0.2, 0) is 6.54 Å². The van der Waals surface area contributed by atoms with E-state index in [-0.39, 0.29) is 6.54 Å². The molecule has 0 spiro atoms. The Morgan fingerprint density at radius 3 is 2.52 bits per heavy atom. The van der Waals surface area contributed by atoms with Gasteiger partial charge in [-0.3, -0.25) is 4.68 Å². The molecule has 2 aromatic rings. The molecule has 1 aliphatic rings. The minimum atomic E-state index is 0.285. The van der Waals surface area contributed by atoms with Gasteiger partial charge in [-0.1, -0.05) is 30.3 Å². The number of nitrogens with zero attached hydrogens (tertiary/aromatic N) is 5. The molecule has 1 fully saturated rings. The molecule has 0 amide bonds. The zero-order valence-corrected chi connectivity index (χ0v) is 12.2. The summed E-state index contributed by atoms with van der Waals surface area (Å²) in [4.78, 5) is 4.70. The highest BCUT2D eigenvalue weighted by Crippen LogP contribution is 2.30. The van der Waals surface area contributed by atoms with E-state index in [0.717, 1.165) is 43.1 Å². The van der Waals surface area contributed by atoms with Crippen LogP contribution in [0.1, 0.15) is 0 Å². The molecular weight excluding hydrogens is 262 g/mol. The van der Waals surface area contributed by atoms with E-state index in [4.69, 9.17) is 5.26 Å². The third kappa shape index (κ3) is 2.91. The van der Waals surface area contributed by atoms with Gasteiger partial charge in [0.15, 0.2) is 0 Å². The van der Waals surface area contributed by atoms with E-state index in [2.05, 4.69) is 40.1 Å². The lowest BCUT2D eigenvalue weighted by atomic mass is 10.1. The van der Waals surface area contributed by atoms with E-state index in [1.54, 1.807) is 4.68 Å². The second-order valence-electron chi connectivity index (χ2n) is 5.37. The first kappa shape index (κ1) is 13.7. The highest BCUT2D eigenvalue weighted by Gasteiger charge is 2.20. The zero-order chi connectivity index (χ0) is 14.7. The van der Waals surface area contributed by atoms with Crippen molar-refractivity contribution in [3.63, 3.8) is 0 Å². The second-order valence-corrected chi connectivity index (χ2v) is 5.37. The average Bonchev–Trinajstić information content (AvgIpc) is 2.93. The normalized spacial score (nSPS) is 15.9. The van der Waals surface area contributed by atoms with Crippen LogP contribution in [0.4, 0.5) is 5.69 Å². The van der Waals surface area contributed by atoms with Crippen molar-refractivity contribution in [3.05, 3.63) is 36.5 Å². The second kappa shape index (κ2) is 5.98. The molecule has 0 saturated carbocycles. The zero-order valence-electron chi connectivity index (χ0n) is 12.2.